The van der Waals surface area contributed by atoms with Crippen molar-refractivity contribution in [2.45, 2.75) is 233 Å². The molecule has 0 saturated heterocycles. The lowest BCUT2D eigenvalue weighted by atomic mass is 9.78. The molecule has 0 aromatic heterocycles. The Morgan fingerprint density at radius 1 is 0.517 bits per heavy atom. The molecule has 0 spiro atoms. The SMILES string of the molecule is CCCCCCCCCCCCCCCCCCSCC(COC(=O)Cc1cc(C(C)(C)C)c(O)c(C(C)(C)C)c1)OC(=O)Cc1cc(C(C)(C)C)c(O)c(C(C)(C)C)c1. The standard InChI is InChI=1S/C53H88O6S/c1-14-15-16-17-18-19-20-21-22-23-24-25-26-27-28-29-30-60-38-41(59-47(55)36-40-33-44(52(8,9)10)49(57)45(34-40)53(11,12)13)37-58-46(54)35-39-31-42(50(2,3)4)48(56)43(32-39)51(5,6)7/h31-34,41,56-57H,14-30,35-38H2,1-13H3. The summed E-state index contributed by atoms with van der Waals surface area (Å²) in [5.41, 5.74) is 3.52. The molecule has 0 aliphatic rings. The van der Waals surface area contributed by atoms with Crippen molar-refractivity contribution in [3.8, 4) is 11.5 Å². The molecule has 0 radical (unpaired) electrons. The number of thioether (sulfide) groups is 1. The maximum Gasteiger partial charge on any atom is 0.310 e. The van der Waals surface area contributed by atoms with Gasteiger partial charge in [0.05, 0.1) is 12.8 Å². The number of hydrogen-bond acceptors (Lipinski definition) is 7. The summed E-state index contributed by atoms with van der Waals surface area (Å²) in [5.74, 6) is 1.27. The van der Waals surface area contributed by atoms with Crippen LogP contribution in [0.1, 0.15) is 226 Å². The van der Waals surface area contributed by atoms with Gasteiger partial charge in [0.1, 0.15) is 24.2 Å². The minimum atomic E-state index is -0.594. The second kappa shape index (κ2) is 25.4. The van der Waals surface area contributed by atoms with Crippen LogP contribution in [0.4, 0.5) is 0 Å². The number of ether oxygens (including phenoxy) is 2. The number of phenols is 2. The molecule has 6 nitrogen and oxygen atoms in total. The molecule has 0 amide bonds. The monoisotopic (exact) mass is 853 g/mol. The molecule has 0 fully saturated rings. The van der Waals surface area contributed by atoms with Gasteiger partial charge in [-0.1, -0.05) is 211 Å². The van der Waals surface area contributed by atoms with Crippen LogP contribution in [0.3, 0.4) is 0 Å². The first-order chi connectivity index (χ1) is 27.9. The molecule has 2 N–H and O–H groups in total. The average molecular weight is 853 g/mol. The van der Waals surface area contributed by atoms with Gasteiger partial charge in [-0.3, -0.25) is 9.59 Å². The minimum Gasteiger partial charge on any atom is -0.507 e. The first-order valence-electron chi connectivity index (χ1n) is 23.6. The summed E-state index contributed by atoms with van der Waals surface area (Å²) in [6, 6.07) is 7.66. The normalized spacial score (nSPS) is 13.1. The predicted molar refractivity (Wildman–Crippen MR) is 256 cm³/mol. The summed E-state index contributed by atoms with van der Waals surface area (Å²) in [6.45, 7) is 26.9. The summed E-state index contributed by atoms with van der Waals surface area (Å²) >= 11 is 1.75. The van der Waals surface area contributed by atoms with E-state index < -0.39 is 12.1 Å². The van der Waals surface area contributed by atoms with Crippen molar-refractivity contribution in [3.05, 3.63) is 57.6 Å². The molecule has 0 saturated carbocycles. The van der Waals surface area contributed by atoms with Gasteiger partial charge in [-0.2, -0.15) is 11.8 Å². The molecule has 2 rings (SSSR count). The maximum absolute atomic E-state index is 13.6. The van der Waals surface area contributed by atoms with Crippen LogP contribution >= 0.6 is 11.8 Å². The smallest absolute Gasteiger partial charge is 0.310 e. The van der Waals surface area contributed by atoms with Crippen LogP contribution < -0.4 is 0 Å². The number of carbonyl (C=O) groups is 2. The first kappa shape index (κ1) is 53.5. The number of carbonyl (C=O) groups excluding carboxylic acids is 2. The molecular weight excluding hydrogens is 765 g/mol. The van der Waals surface area contributed by atoms with Gasteiger partial charge in [0.2, 0.25) is 0 Å². The number of esters is 2. The van der Waals surface area contributed by atoms with Crippen LogP contribution in [0.5, 0.6) is 11.5 Å². The zero-order chi connectivity index (χ0) is 45.1. The van der Waals surface area contributed by atoms with Gasteiger partial charge in [-0.25, -0.2) is 0 Å². The highest BCUT2D eigenvalue weighted by molar-refractivity contribution is 7.99. The number of phenolic OH excluding ortho intramolecular Hbond substituents is 2. The second-order valence-corrected chi connectivity index (χ2v) is 22.8. The Kier molecular flexibility index (Phi) is 22.7. The number of unbranched alkanes of at least 4 members (excludes halogenated alkanes) is 15. The van der Waals surface area contributed by atoms with Crippen molar-refractivity contribution in [2.75, 3.05) is 18.1 Å². The number of aromatic hydroxyl groups is 2. The first-order valence-corrected chi connectivity index (χ1v) is 24.8. The van der Waals surface area contributed by atoms with Crippen molar-refractivity contribution in [2.24, 2.45) is 0 Å². The summed E-state index contributed by atoms with van der Waals surface area (Å²) in [6.07, 6.45) is 20.9. The molecule has 60 heavy (non-hydrogen) atoms. The Morgan fingerprint density at radius 3 is 1.17 bits per heavy atom. The van der Waals surface area contributed by atoms with Crippen molar-refractivity contribution >= 4 is 23.7 Å². The van der Waals surface area contributed by atoms with E-state index in [0.717, 1.165) is 45.6 Å². The van der Waals surface area contributed by atoms with Gasteiger partial charge in [-0.15, -0.1) is 0 Å². The molecule has 7 heteroatoms. The van der Waals surface area contributed by atoms with Crippen LogP contribution in [0, 0.1) is 0 Å². The third-order valence-electron chi connectivity index (χ3n) is 11.4. The summed E-state index contributed by atoms with van der Waals surface area (Å²) < 4.78 is 11.9. The van der Waals surface area contributed by atoms with Crippen molar-refractivity contribution in [3.63, 3.8) is 0 Å². The van der Waals surface area contributed by atoms with Crippen LogP contribution in [0.25, 0.3) is 0 Å². The topological polar surface area (TPSA) is 93.1 Å². The van der Waals surface area contributed by atoms with E-state index in [2.05, 4.69) is 90.0 Å². The predicted octanol–water partition coefficient (Wildman–Crippen LogP) is 14.5. The van der Waals surface area contributed by atoms with Gasteiger partial charge in [0, 0.05) is 5.75 Å². The number of hydrogen-bond donors (Lipinski definition) is 2. The van der Waals surface area contributed by atoms with E-state index in [1.807, 2.05) is 24.3 Å². The molecule has 0 aliphatic heterocycles. The van der Waals surface area contributed by atoms with Crippen molar-refractivity contribution in [1.82, 2.24) is 0 Å². The molecule has 2 aromatic carbocycles. The lowest BCUT2D eigenvalue weighted by Gasteiger charge is -2.28. The van der Waals surface area contributed by atoms with Crippen molar-refractivity contribution in [1.29, 1.82) is 0 Å². The van der Waals surface area contributed by atoms with E-state index in [1.165, 1.54) is 96.3 Å². The third kappa shape index (κ3) is 20.0. The fourth-order valence-electron chi connectivity index (χ4n) is 7.76. The Bertz CT molecular complexity index is 1510. The van der Waals surface area contributed by atoms with Crippen LogP contribution in [0.15, 0.2) is 24.3 Å². The molecule has 0 heterocycles. The Labute approximate surface area is 372 Å². The molecular formula is C53H88O6S. The zero-order valence-corrected chi connectivity index (χ0v) is 41.5. The fraction of sp³-hybridized carbons (Fsp3) is 0.736. The van der Waals surface area contributed by atoms with Gasteiger partial charge in [0.15, 0.2) is 0 Å². The zero-order valence-electron chi connectivity index (χ0n) is 40.7. The highest BCUT2D eigenvalue weighted by Gasteiger charge is 2.29. The van der Waals surface area contributed by atoms with Crippen LogP contribution in [-0.4, -0.2) is 46.4 Å². The number of rotatable bonds is 26. The van der Waals surface area contributed by atoms with Gasteiger partial charge in [0.25, 0.3) is 0 Å². The lowest BCUT2D eigenvalue weighted by Crippen LogP contribution is -2.29. The fourth-order valence-corrected chi connectivity index (χ4v) is 8.76. The summed E-state index contributed by atoms with van der Waals surface area (Å²) in [4.78, 5) is 27.0. The lowest BCUT2D eigenvalue weighted by molar-refractivity contribution is -0.156. The molecule has 1 atom stereocenters. The largest absolute Gasteiger partial charge is 0.507 e. The highest BCUT2D eigenvalue weighted by Crippen LogP contribution is 2.41. The molecule has 342 valence electrons. The molecule has 2 aromatic rings. The molecule has 0 aliphatic carbocycles. The maximum atomic E-state index is 13.6. The van der Waals surface area contributed by atoms with Gasteiger partial charge >= 0.3 is 11.9 Å². The van der Waals surface area contributed by atoms with E-state index in [4.69, 9.17) is 9.47 Å². The Morgan fingerprint density at radius 2 is 0.833 bits per heavy atom. The van der Waals surface area contributed by atoms with E-state index in [-0.39, 0.29) is 58.6 Å². The van der Waals surface area contributed by atoms with Gasteiger partial charge in [-0.05, 0) is 67.2 Å². The van der Waals surface area contributed by atoms with E-state index in [0.29, 0.717) is 5.75 Å². The minimum absolute atomic E-state index is 0.0249. The van der Waals surface area contributed by atoms with E-state index in [9.17, 15) is 19.8 Å². The van der Waals surface area contributed by atoms with E-state index in [1.54, 1.807) is 11.8 Å². The number of benzene rings is 2. The van der Waals surface area contributed by atoms with Gasteiger partial charge < -0.3 is 19.7 Å². The summed E-state index contributed by atoms with van der Waals surface area (Å²) in [5, 5.41) is 22.4. The Balaban J connectivity index is 2.01. The molecule has 0 bridgehead atoms. The Hall–Kier alpha value is -2.67. The van der Waals surface area contributed by atoms with Crippen LogP contribution in [0.2, 0.25) is 0 Å². The van der Waals surface area contributed by atoms with Crippen LogP contribution in [-0.2, 0) is 53.6 Å². The van der Waals surface area contributed by atoms with E-state index >= 15 is 0 Å². The third-order valence-corrected chi connectivity index (χ3v) is 12.6. The van der Waals surface area contributed by atoms with Crippen molar-refractivity contribution < 1.29 is 29.3 Å². The highest BCUT2D eigenvalue weighted by atomic mass is 32.2. The quantitative estimate of drug-likeness (QED) is 0.0719. The molecule has 1 unspecified atom stereocenters. The summed E-state index contributed by atoms with van der Waals surface area (Å²) in [7, 11) is 0. The average Bonchev–Trinajstić information content (AvgIpc) is 3.12. The second-order valence-electron chi connectivity index (χ2n) is 21.6.